The standard InChI is InChI=1S/C15H16ClN3O/c1-8-4-5-19-15(12(8)14(17)18)20-11-6-9(2)13(16)10(3)7-11/h4-7H,1-3H3,(H3,17,18). The quantitative estimate of drug-likeness (QED) is 0.668. The first kappa shape index (κ1) is 14.3. The molecule has 0 aliphatic heterocycles. The number of ether oxygens (including phenoxy) is 1. The average Bonchev–Trinajstić information content (AvgIpc) is 2.35. The van der Waals surface area contributed by atoms with E-state index in [4.69, 9.17) is 27.5 Å². The molecule has 0 bridgehead atoms. The average molecular weight is 290 g/mol. The van der Waals surface area contributed by atoms with Crippen molar-refractivity contribution in [3.63, 3.8) is 0 Å². The van der Waals surface area contributed by atoms with E-state index in [-0.39, 0.29) is 5.84 Å². The van der Waals surface area contributed by atoms with Crippen molar-refractivity contribution in [3.8, 4) is 11.6 Å². The zero-order chi connectivity index (χ0) is 14.9. The van der Waals surface area contributed by atoms with Gasteiger partial charge in [-0.15, -0.1) is 0 Å². The number of amidine groups is 1. The minimum absolute atomic E-state index is 0.0620. The monoisotopic (exact) mass is 289 g/mol. The zero-order valence-corrected chi connectivity index (χ0v) is 12.4. The zero-order valence-electron chi connectivity index (χ0n) is 11.6. The fourth-order valence-corrected chi connectivity index (χ4v) is 2.12. The van der Waals surface area contributed by atoms with Crippen molar-refractivity contribution in [1.29, 1.82) is 5.41 Å². The van der Waals surface area contributed by atoms with Gasteiger partial charge in [-0.1, -0.05) is 11.6 Å². The fraction of sp³-hybridized carbons (Fsp3) is 0.200. The van der Waals surface area contributed by atoms with E-state index in [1.54, 1.807) is 12.3 Å². The summed E-state index contributed by atoms with van der Waals surface area (Å²) in [4.78, 5) is 4.16. The molecule has 2 rings (SSSR count). The van der Waals surface area contributed by atoms with Crippen molar-refractivity contribution in [2.45, 2.75) is 20.8 Å². The van der Waals surface area contributed by atoms with Gasteiger partial charge in [-0.2, -0.15) is 0 Å². The number of hydrogen-bond donors (Lipinski definition) is 2. The largest absolute Gasteiger partial charge is 0.438 e. The molecule has 1 heterocycles. The first-order valence-corrected chi connectivity index (χ1v) is 6.52. The first-order chi connectivity index (χ1) is 9.40. The van der Waals surface area contributed by atoms with Crippen LogP contribution in [0.1, 0.15) is 22.3 Å². The maximum atomic E-state index is 7.64. The van der Waals surface area contributed by atoms with Crippen LogP contribution in [0.15, 0.2) is 24.4 Å². The molecule has 0 aliphatic rings. The molecule has 0 atom stereocenters. The summed E-state index contributed by atoms with van der Waals surface area (Å²) in [6.45, 7) is 5.69. The lowest BCUT2D eigenvalue weighted by Crippen LogP contribution is -2.14. The van der Waals surface area contributed by atoms with Crippen LogP contribution in [0, 0.1) is 26.2 Å². The van der Waals surface area contributed by atoms with Crippen molar-refractivity contribution < 1.29 is 4.74 Å². The summed E-state index contributed by atoms with van der Waals surface area (Å²) in [6, 6.07) is 5.47. The molecule has 104 valence electrons. The van der Waals surface area contributed by atoms with E-state index in [1.807, 2.05) is 32.9 Å². The van der Waals surface area contributed by atoms with Crippen molar-refractivity contribution in [3.05, 3.63) is 51.7 Å². The molecule has 0 radical (unpaired) electrons. The third kappa shape index (κ3) is 2.75. The minimum atomic E-state index is -0.0620. The summed E-state index contributed by atoms with van der Waals surface area (Å²) in [5.74, 6) is 0.900. The predicted molar refractivity (Wildman–Crippen MR) is 81.0 cm³/mol. The molecule has 3 N–H and O–H groups in total. The first-order valence-electron chi connectivity index (χ1n) is 6.14. The number of aryl methyl sites for hydroxylation is 3. The van der Waals surface area contributed by atoms with Gasteiger partial charge in [0.2, 0.25) is 5.88 Å². The highest BCUT2D eigenvalue weighted by Gasteiger charge is 2.13. The smallest absolute Gasteiger partial charge is 0.230 e. The number of nitrogen functional groups attached to an aromatic ring is 1. The second kappa shape index (κ2) is 5.51. The van der Waals surface area contributed by atoms with Crippen LogP contribution in [0.5, 0.6) is 11.6 Å². The van der Waals surface area contributed by atoms with Gasteiger partial charge in [-0.05, 0) is 55.7 Å². The molecular formula is C15H16ClN3O. The van der Waals surface area contributed by atoms with Crippen LogP contribution < -0.4 is 10.5 Å². The molecule has 0 saturated carbocycles. The molecule has 2 aromatic rings. The number of nitrogens with one attached hydrogen (secondary N) is 1. The van der Waals surface area contributed by atoms with Crippen molar-refractivity contribution in [2.75, 3.05) is 0 Å². The highest BCUT2D eigenvalue weighted by Crippen LogP contribution is 2.30. The summed E-state index contributed by atoms with van der Waals surface area (Å²) < 4.78 is 5.78. The van der Waals surface area contributed by atoms with Gasteiger partial charge in [0.1, 0.15) is 11.6 Å². The molecule has 4 nitrogen and oxygen atoms in total. The van der Waals surface area contributed by atoms with E-state index in [9.17, 15) is 0 Å². The number of aromatic nitrogens is 1. The van der Waals surface area contributed by atoms with Crippen molar-refractivity contribution in [1.82, 2.24) is 4.98 Å². The molecule has 5 heteroatoms. The summed E-state index contributed by atoms with van der Waals surface area (Å²) in [5, 5.41) is 8.36. The number of nitrogens with zero attached hydrogens (tertiary/aromatic N) is 1. The normalized spacial score (nSPS) is 10.4. The lowest BCUT2D eigenvalue weighted by atomic mass is 10.1. The molecule has 0 amide bonds. The Bertz CT molecular complexity index is 660. The lowest BCUT2D eigenvalue weighted by Gasteiger charge is -2.13. The molecule has 0 unspecified atom stereocenters. The van der Waals surface area contributed by atoms with Crippen LogP contribution in [0.3, 0.4) is 0 Å². The van der Waals surface area contributed by atoms with Gasteiger partial charge in [0, 0.05) is 11.2 Å². The summed E-state index contributed by atoms with van der Waals surface area (Å²) >= 11 is 6.13. The van der Waals surface area contributed by atoms with Crippen LogP contribution in [0.25, 0.3) is 0 Å². The third-order valence-corrected chi connectivity index (χ3v) is 3.61. The topological polar surface area (TPSA) is 72.0 Å². The summed E-state index contributed by atoms with van der Waals surface area (Å²) in [7, 11) is 0. The Morgan fingerprint density at radius 3 is 2.35 bits per heavy atom. The van der Waals surface area contributed by atoms with E-state index in [0.717, 1.165) is 21.7 Å². The van der Waals surface area contributed by atoms with E-state index < -0.39 is 0 Å². The van der Waals surface area contributed by atoms with Gasteiger partial charge in [0.05, 0.1) is 5.56 Å². The molecule has 0 saturated heterocycles. The van der Waals surface area contributed by atoms with E-state index in [1.165, 1.54) is 0 Å². The van der Waals surface area contributed by atoms with Gasteiger partial charge in [-0.25, -0.2) is 4.98 Å². The molecule has 0 fully saturated rings. The number of benzene rings is 1. The Balaban J connectivity index is 2.45. The second-order valence-corrected chi connectivity index (χ2v) is 5.07. The Hall–Kier alpha value is -2.07. The molecule has 1 aromatic carbocycles. The Labute approximate surface area is 123 Å². The highest BCUT2D eigenvalue weighted by atomic mass is 35.5. The van der Waals surface area contributed by atoms with Crippen LogP contribution >= 0.6 is 11.6 Å². The third-order valence-electron chi connectivity index (χ3n) is 3.02. The van der Waals surface area contributed by atoms with Crippen LogP contribution in [-0.4, -0.2) is 10.8 Å². The Kier molecular flexibility index (Phi) is 3.95. The summed E-state index contributed by atoms with van der Waals surface area (Å²) in [5.41, 5.74) is 8.82. The van der Waals surface area contributed by atoms with E-state index >= 15 is 0 Å². The number of hydrogen-bond acceptors (Lipinski definition) is 3. The molecule has 0 aliphatic carbocycles. The number of rotatable bonds is 3. The van der Waals surface area contributed by atoms with Gasteiger partial charge < -0.3 is 10.5 Å². The highest BCUT2D eigenvalue weighted by molar-refractivity contribution is 6.32. The number of halogens is 1. The van der Waals surface area contributed by atoms with E-state index in [0.29, 0.717) is 17.2 Å². The Morgan fingerprint density at radius 1 is 1.20 bits per heavy atom. The summed E-state index contributed by atoms with van der Waals surface area (Å²) in [6.07, 6.45) is 1.63. The van der Waals surface area contributed by atoms with Gasteiger partial charge >= 0.3 is 0 Å². The number of nitrogens with two attached hydrogens (primary N) is 1. The van der Waals surface area contributed by atoms with Crippen LogP contribution in [0.4, 0.5) is 0 Å². The molecule has 0 spiro atoms. The van der Waals surface area contributed by atoms with Gasteiger partial charge in [0.15, 0.2) is 0 Å². The maximum Gasteiger partial charge on any atom is 0.230 e. The van der Waals surface area contributed by atoms with Gasteiger partial charge in [0.25, 0.3) is 0 Å². The molecule has 20 heavy (non-hydrogen) atoms. The molecular weight excluding hydrogens is 274 g/mol. The molecule has 1 aromatic heterocycles. The van der Waals surface area contributed by atoms with Gasteiger partial charge in [-0.3, -0.25) is 5.41 Å². The van der Waals surface area contributed by atoms with E-state index in [2.05, 4.69) is 4.98 Å². The van der Waals surface area contributed by atoms with Crippen molar-refractivity contribution >= 4 is 17.4 Å². The Morgan fingerprint density at radius 2 is 1.80 bits per heavy atom. The number of pyridine rings is 1. The fourth-order valence-electron chi connectivity index (χ4n) is 2.02. The van der Waals surface area contributed by atoms with Crippen molar-refractivity contribution in [2.24, 2.45) is 5.73 Å². The SMILES string of the molecule is Cc1cc(Oc2nccc(C)c2C(=N)N)cc(C)c1Cl. The minimum Gasteiger partial charge on any atom is -0.438 e. The van der Waals surface area contributed by atoms with Crippen LogP contribution in [0.2, 0.25) is 5.02 Å². The lowest BCUT2D eigenvalue weighted by molar-refractivity contribution is 0.460. The second-order valence-electron chi connectivity index (χ2n) is 4.69. The predicted octanol–water partition coefficient (Wildman–Crippen LogP) is 3.74. The van der Waals surface area contributed by atoms with Crippen LogP contribution in [-0.2, 0) is 0 Å². The maximum absolute atomic E-state index is 7.64.